The Labute approximate surface area is 156 Å². The summed E-state index contributed by atoms with van der Waals surface area (Å²) in [5.74, 6) is -2.13. The third-order valence-corrected chi connectivity index (χ3v) is 3.77. The summed E-state index contributed by atoms with van der Waals surface area (Å²) < 4.78 is 31.7. The number of likely N-dealkylation sites (N-methyl/N-ethyl adjacent to an activating group) is 1. The average molecular weight is 392 g/mol. The van der Waals surface area contributed by atoms with Gasteiger partial charge < -0.3 is 21.2 Å². The third-order valence-electron chi connectivity index (χ3n) is 3.77. The summed E-state index contributed by atoms with van der Waals surface area (Å²) in [6.07, 6.45) is -0.0574. The van der Waals surface area contributed by atoms with Gasteiger partial charge in [-0.3, -0.25) is 5.10 Å². The predicted octanol–water partition coefficient (Wildman–Crippen LogP) is 0.949. The van der Waals surface area contributed by atoms with Gasteiger partial charge >= 0.3 is 12.1 Å². The Bertz CT molecular complexity index is 626. The van der Waals surface area contributed by atoms with Crippen LogP contribution in [-0.4, -0.2) is 65.2 Å². The minimum atomic E-state index is -5.08. The van der Waals surface area contributed by atoms with E-state index in [2.05, 4.69) is 46.0 Å². The fourth-order valence-electron chi connectivity index (χ4n) is 2.44. The summed E-state index contributed by atoms with van der Waals surface area (Å²) >= 11 is 0. The number of nitrogens with zero attached hydrogens (tertiary/aromatic N) is 2. The maximum atomic E-state index is 10.6. The van der Waals surface area contributed by atoms with Gasteiger partial charge in [-0.25, -0.2) is 10.2 Å². The first kappa shape index (κ1) is 22.9. The van der Waals surface area contributed by atoms with Crippen LogP contribution in [0.2, 0.25) is 0 Å². The molecule has 6 N–H and O–H groups in total. The molecule has 0 spiro atoms. The van der Waals surface area contributed by atoms with E-state index in [1.54, 1.807) is 0 Å². The smallest absolute Gasteiger partial charge is 0.475 e. The Kier molecular flexibility index (Phi) is 8.73. The first-order chi connectivity index (χ1) is 12.6. The fourth-order valence-corrected chi connectivity index (χ4v) is 2.44. The number of hydrogen-bond donors (Lipinski definition) is 5. The van der Waals surface area contributed by atoms with Crippen molar-refractivity contribution in [3.05, 3.63) is 23.7 Å². The molecule has 1 aromatic rings. The molecule has 1 aliphatic heterocycles. The van der Waals surface area contributed by atoms with Crippen LogP contribution in [0, 0.1) is 5.92 Å². The van der Waals surface area contributed by atoms with Crippen LogP contribution in [-0.2, 0) is 11.2 Å². The van der Waals surface area contributed by atoms with Gasteiger partial charge in [0.2, 0.25) is 0 Å². The van der Waals surface area contributed by atoms with Gasteiger partial charge in [0, 0.05) is 43.6 Å². The van der Waals surface area contributed by atoms with Crippen molar-refractivity contribution in [2.24, 2.45) is 11.7 Å². The Hall–Kier alpha value is -2.11. The van der Waals surface area contributed by atoms with Crippen LogP contribution in [0.15, 0.2) is 12.4 Å². The average Bonchev–Trinajstić information content (AvgIpc) is 3.20. The van der Waals surface area contributed by atoms with Gasteiger partial charge in [0.1, 0.15) is 0 Å². The summed E-state index contributed by atoms with van der Waals surface area (Å²) in [5.41, 5.74) is 12.6. The molecular weight excluding hydrogens is 365 g/mol. The first-order valence-electron chi connectivity index (χ1n) is 8.49. The number of carboxylic acid groups (broad SMARTS) is 1. The van der Waals surface area contributed by atoms with Crippen molar-refractivity contribution in [2.75, 3.05) is 26.7 Å². The van der Waals surface area contributed by atoms with Crippen LogP contribution in [0.5, 0.6) is 0 Å². The van der Waals surface area contributed by atoms with E-state index in [-0.39, 0.29) is 6.04 Å². The standard InChI is InChI=1S/C14H26N6.C2HF3O2/c1-10(2)8-20-9-12(7-18-20)14-11(6-17-19-14)4-13(5-15)16-3;3-2(4,5)1(6)7/h6,9-10,13,16,18H,4-5,7-8,15H2,1-3H3,(H,17,19);(H,6,7). The van der Waals surface area contributed by atoms with E-state index >= 15 is 0 Å². The number of halogens is 3. The highest BCUT2D eigenvalue weighted by molar-refractivity contribution is 5.73. The Morgan fingerprint density at radius 2 is 2.11 bits per heavy atom. The molecule has 8 nitrogen and oxygen atoms in total. The highest BCUT2D eigenvalue weighted by Gasteiger charge is 2.38. The maximum Gasteiger partial charge on any atom is 0.490 e. The molecule has 154 valence electrons. The quantitative estimate of drug-likeness (QED) is 0.469. The lowest BCUT2D eigenvalue weighted by Gasteiger charge is -2.17. The normalized spacial score (nSPS) is 15.4. The molecule has 0 bridgehead atoms. The number of nitrogens with two attached hydrogens (primary N) is 1. The van der Waals surface area contributed by atoms with E-state index in [1.165, 1.54) is 11.1 Å². The van der Waals surface area contributed by atoms with Crippen LogP contribution in [0.1, 0.15) is 25.1 Å². The summed E-state index contributed by atoms with van der Waals surface area (Å²) in [7, 11) is 1.94. The molecule has 0 aliphatic carbocycles. The summed E-state index contributed by atoms with van der Waals surface area (Å²) in [6.45, 7) is 6.89. The number of aromatic amines is 1. The van der Waals surface area contributed by atoms with Crippen LogP contribution in [0.25, 0.3) is 5.57 Å². The van der Waals surface area contributed by atoms with Crippen molar-refractivity contribution >= 4 is 11.5 Å². The Morgan fingerprint density at radius 3 is 2.59 bits per heavy atom. The van der Waals surface area contributed by atoms with Gasteiger partial charge in [0.15, 0.2) is 0 Å². The molecule has 0 amide bonds. The van der Waals surface area contributed by atoms with E-state index in [0.29, 0.717) is 12.5 Å². The lowest BCUT2D eigenvalue weighted by Crippen LogP contribution is -2.35. The molecule has 0 radical (unpaired) electrons. The lowest BCUT2D eigenvalue weighted by molar-refractivity contribution is -0.192. The second-order valence-electron chi connectivity index (χ2n) is 6.52. The molecule has 0 saturated heterocycles. The number of rotatable bonds is 7. The third kappa shape index (κ3) is 7.57. The van der Waals surface area contributed by atoms with E-state index in [0.717, 1.165) is 25.2 Å². The van der Waals surface area contributed by atoms with Crippen molar-refractivity contribution in [1.82, 2.24) is 25.9 Å². The van der Waals surface area contributed by atoms with Crippen LogP contribution in [0.4, 0.5) is 13.2 Å². The van der Waals surface area contributed by atoms with Crippen molar-refractivity contribution < 1.29 is 23.1 Å². The van der Waals surface area contributed by atoms with Crippen LogP contribution < -0.4 is 16.5 Å². The lowest BCUT2D eigenvalue weighted by atomic mass is 10.0. The molecule has 27 heavy (non-hydrogen) atoms. The zero-order chi connectivity index (χ0) is 20.6. The van der Waals surface area contributed by atoms with E-state index < -0.39 is 12.1 Å². The number of aromatic nitrogens is 2. The van der Waals surface area contributed by atoms with Gasteiger partial charge in [-0.1, -0.05) is 13.8 Å². The minimum absolute atomic E-state index is 0.285. The number of hydrogen-bond acceptors (Lipinski definition) is 6. The number of carbonyl (C=O) groups is 1. The van der Waals surface area contributed by atoms with E-state index in [9.17, 15) is 13.2 Å². The molecular formula is C16H27F3N6O2. The van der Waals surface area contributed by atoms with Crippen LogP contribution in [0.3, 0.4) is 0 Å². The van der Waals surface area contributed by atoms with Crippen molar-refractivity contribution in [3.8, 4) is 0 Å². The molecule has 2 rings (SSSR count). The fraction of sp³-hybridized carbons (Fsp3) is 0.625. The molecule has 0 aromatic carbocycles. The van der Waals surface area contributed by atoms with Crippen molar-refractivity contribution in [2.45, 2.75) is 32.5 Å². The minimum Gasteiger partial charge on any atom is -0.475 e. The Morgan fingerprint density at radius 1 is 1.48 bits per heavy atom. The monoisotopic (exact) mass is 392 g/mol. The van der Waals surface area contributed by atoms with Gasteiger partial charge in [-0.15, -0.1) is 0 Å². The number of alkyl halides is 3. The maximum absolute atomic E-state index is 10.6. The molecule has 1 aliphatic rings. The van der Waals surface area contributed by atoms with Crippen LogP contribution >= 0.6 is 0 Å². The summed E-state index contributed by atoms with van der Waals surface area (Å²) in [5, 5.41) is 19.9. The second-order valence-corrected chi connectivity index (χ2v) is 6.52. The largest absolute Gasteiger partial charge is 0.490 e. The first-order valence-corrected chi connectivity index (χ1v) is 8.49. The Balaban J connectivity index is 0.000000445. The molecule has 2 heterocycles. The molecule has 1 unspecified atom stereocenters. The van der Waals surface area contributed by atoms with Gasteiger partial charge in [-0.05, 0) is 24.9 Å². The SMILES string of the molecule is CNC(CN)Cc1c[nH]nc1C1=CN(CC(C)C)NC1.O=C(O)C(F)(F)F. The number of H-pyrrole nitrogens is 1. The number of carboxylic acids is 1. The van der Waals surface area contributed by atoms with Gasteiger partial charge in [0.25, 0.3) is 0 Å². The van der Waals surface area contributed by atoms with E-state index in [4.69, 9.17) is 15.6 Å². The highest BCUT2D eigenvalue weighted by atomic mass is 19.4. The molecule has 1 aromatic heterocycles. The molecule has 1 atom stereocenters. The van der Waals surface area contributed by atoms with Gasteiger partial charge in [0.05, 0.1) is 5.69 Å². The van der Waals surface area contributed by atoms with Gasteiger partial charge in [-0.2, -0.15) is 18.3 Å². The number of nitrogens with one attached hydrogen (secondary N) is 3. The molecule has 11 heteroatoms. The predicted molar refractivity (Wildman–Crippen MR) is 95.4 cm³/mol. The number of aliphatic carboxylic acids is 1. The molecule has 0 saturated carbocycles. The zero-order valence-corrected chi connectivity index (χ0v) is 15.6. The van der Waals surface area contributed by atoms with Crippen molar-refractivity contribution in [3.63, 3.8) is 0 Å². The zero-order valence-electron chi connectivity index (χ0n) is 15.6. The summed E-state index contributed by atoms with van der Waals surface area (Å²) in [6, 6.07) is 0.285. The topological polar surface area (TPSA) is 119 Å². The summed E-state index contributed by atoms with van der Waals surface area (Å²) in [4.78, 5) is 8.90. The van der Waals surface area contributed by atoms with E-state index in [1.807, 2.05) is 13.2 Å². The number of hydrazine groups is 1. The second kappa shape index (κ2) is 10.3. The molecule has 0 fully saturated rings. The highest BCUT2D eigenvalue weighted by Crippen LogP contribution is 2.21. The van der Waals surface area contributed by atoms with Crippen molar-refractivity contribution in [1.29, 1.82) is 0 Å².